The van der Waals surface area contributed by atoms with Crippen molar-refractivity contribution in [1.29, 1.82) is 0 Å². The van der Waals surface area contributed by atoms with Gasteiger partial charge in [-0.2, -0.15) is 0 Å². The Balaban J connectivity index is 0.000000449. The molecule has 0 bridgehead atoms. The lowest BCUT2D eigenvalue weighted by Gasteiger charge is -2.43. The van der Waals surface area contributed by atoms with Gasteiger partial charge < -0.3 is 20.5 Å². The summed E-state index contributed by atoms with van der Waals surface area (Å²) < 4.78 is 14.7. The fourth-order valence-corrected chi connectivity index (χ4v) is 6.14. The molecule has 2 saturated carbocycles. The maximum atomic E-state index is 14.7. The molecule has 0 aromatic heterocycles. The van der Waals surface area contributed by atoms with Crippen LogP contribution in [0.2, 0.25) is 5.02 Å². The first-order chi connectivity index (χ1) is 19.8. The molecule has 0 saturated heterocycles. The third-order valence-electron chi connectivity index (χ3n) is 8.27. The maximum Gasteiger partial charge on any atom is 0.290 e. The van der Waals surface area contributed by atoms with Gasteiger partial charge >= 0.3 is 0 Å². The lowest BCUT2D eigenvalue weighted by atomic mass is 9.74. The Hall–Kier alpha value is -2.81. The van der Waals surface area contributed by atoms with E-state index in [1.165, 1.54) is 32.1 Å². The number of amides is 1. The molecule has 2 fully saturated rings. The summed E-state index contributed by atoms with van der Waals surface area (Å²) in [6, 6.07) is 11.0. The molecule has 1 amide bonds. The molecule has 2 aromatic carbocycles. The predicted molar refractivity (Wildman–Crippen MR) is 163 cm³/mol. The average molecular weight is 590 g/mol. The van der Waals surface area contributed by atoms with Crippen LogP contribution in [0.15, 0.2) is 36.4 Å². The fourth-order valence-electron chi connectivity index (χ4n) is 5.97. The molecule has 0 aliphatic heterocycles. The van der Waals surface area contributed by atoms with Crippen molar-refractivity contribution in [3.63, 3.8) is 0 Å². The first-order valence-electron chi connectivity index (χ1n) is 14.5. The molecule has 2 aliphatic rings. The number of aldehydes is 1. The highest BCUT2D eigenvalue weighted by Gasteiger charge is 2.39. The minimum Gasteiger partial charge on any atom is -0.483 e. The first kappa shape index (κ1) is 34.4. The van der Waals surface area contributed by atoms with Crippen LogP contribution in [0.1, 0.15) is 93.7 Å². The van der Waals surface area contributed by atoms with Crippen molar-refractivity contribution in [3.8, 4) is 0 Å². The Labute approximate surface area is 248 Å². The number of rotatable bonds is 9. The summed E-state index contributed by atoms with van der Waals surface area (Å²) in [5.74, 6) is -0.623. The van der Waals surface area contributed by atoms with Gasteiger partial charge in [-0.15, -0.1) is 0 Å². The molecule has 226 valence electrons. The second-order valence-corrected chi connectivity index (χ2v) is 11.3. The first-order valence-corrected chi connectivity index (χ1v) is 14.9. The van der Waals surface area contributed by atoms with E-state index in [4.69, 9.17) is 21.5 Å². The van der Waals surface area contributed by atoms with E-state index in [2.05, 4.69) is 23.0 Å². The zero-order chi connectivity index (χ0) is 30.3. The van der Waals surface area contributed by atoms with Crippen LogP contribution >= 0.6 is 11.6 Å². The van der Waals surface area contributed by atoms with Crippen LogP contribution in [0.5, 0.6) is 0 Å². The summed E-state index contributed by atoms with van der Waals surface area (Å²) in [6.07, 6.45) is 13.4. The van der Waals surface area contributed by atoms with Crippen LogP contribution < -0.4 is 16.0 Å². The van der Waals surface area contributed by atoms with E-state index < -0.39 is 11.6 Å². The second kappa shape index (κ2) is 17.9. The van der Waals surface area contributed by atoms with Crippen molar-refractivity contribution >= 4 is 36.5 Å². The zero-order valence-electron chi connectivity index (χ0n) is 24.4. The Morgan fingerprint density at radius 3 is 2.22 bits per heavy atom. The van der Waals surface area contributed by atoms with E-state index in [1.807, 2.05) is 19.1 Å². The number of nitrogens with one attached hydrogen (secondary N) is 3. The van der Waals surface area contributed by atoms with Crippen molar-refractivity contribution in [2.75, 3.05) is 12.4 Å². The van der Waals surface area contributed by atoms with Gasteiger partial charge in [0.25, 0.3) is 6.47 Å². The topological polar surface area (TPSA) is 108 Å². The maximum absolute atomic E-state index is 14.7. The van der Waals surface area contributed by atoms with Crippen LogP contribution in [0.25, 0.3) is 0 Å². The molecule has 1 unspecified atom stereocenters. The number of carbonyl (C=O) groups is 3. The van der Waals surface area contributed by atoms with Crippen molar-refractivity contribution < 1.29 is 23.9 Å². The lowest BCUT2D eigenvalue weighted by molar-refractivity contribution is -0.123. The van der Waals surface area contributed by atoms with Gasteiger partial charge in [0, 0.05) is 28.2 Å². The minimum absolute atomic E-state index is 0.250. The van der Waals surface area contributed by atoms with Gasteiger partial charge in [0.1, 0.15) is 12.1 Å². The van der Waals surface area contributed by atoms with Crippen molar-refractivity contribution in [1.82, 2.24) is 10.6 Å². The Bertz CT molecular complexity index is 1100. The SMILES string of the molecule is CNC1CCCCC1.Cc1cccc([C@H](C)C(C=O)NC2(c3ccc(Cl)cc3NC=O)CCCCC2)c1F.O=CO. The van der Waals surface area contributed by atoms with Gasteiger partial charge in [0.05, 0.1) is 6.04 Å². The number of halogens is 2. The number of benzene rings is 2. The van der Waals surface area contributed by atoms with Crippen molar-refractivity contribution in [3.05, 3.63) is 63.9 Å². The van der Waals surface area contributed by atoms with Gasteiger partial charge in [0.2, 0.25) is 6.41 Å². The fraction of sp³-hybridized carbons (Fsp3) is 0.531. The highest BCUT2D eigenvalue weighted by atomic mass is 35.5. The standard InChI is InChI=1S/C24H28ClFN2O2.C7H15N.CH2O2/c1-16-7-6-8-19(23(16)26)17(2)22(14-29)28-24(11-4-3-5-12-24)20-10-9-18(25)13-21(20)27-15-30;1-8-7-5-3-2-4-6-7;2-1-3/h6-10,13-15,17,22,28H,3-5,11-12H2,1-2H3,(H,27,30);7-8H,2-6H2,1H3;1H,(H,2,3)/t17-,22?;;/m0../s1. The number of hydrogen-bond donors (Lipinski definition) is 4. The molecule has 7 nitrogen and oxygen atoms in total. The Morgan fingerprint density at radius 2 is 1.66 bits per heavy atom. The van der Waals surface area contributed by atoms with Gasteiger partial charge in [-0.05, 0) is 68.5 Å². The molecule has 2 aromatic rings. The Morgan fingerprint density at radius 1 is 1.02 bits per heavy atom. The van der Waals surface area contributed by atoms with Gasteiger partial charge in [-0.3, -0.25) is 14.9 Å². The average Bonchev–Trinajstić information content (AvgIpc) is 2.99. The normalized spacial score (nSPS) is 17.9. The summed E-state index contributed by atoms with van der Waals surface area (Å²) in [6.45, 7) is 3.34. The monoisotopic (exact) mass is 589 g/mol. The van der Waals surface area contributed by atoms with Crippen LogP contribution in [0.4, 0.5) is 10.1 Å². The van der Waals surface area contributed by atoms with Crippen molar-refractivity contribution in [2.45, 2.75) is 102 Å². The third-order valence-corrected chi connectivity index (χ3v) is 8.51. The molecular formula is C32H45ClFN3O4. The van der Waals surface area contributed by atoms with Crippen molar-refractivity contribution in [2.24, 2.45) is 0 Å². The van der Waals surface area contributed by atoms with Crippen LogP contribution in [-0.4, -0.2) is 43.4 Å². The number of anilines is 1. The third kappa shape index (κ3) is 9.90. The van der Waals surface area contributed by atoms with E-state index in [0.29, 0.717) is 28.2 Å². The molecule has 0 radical (unpaired) electrons. The van der Waals surface area contributed by atoms with E-state index >= 15 is 0 Å². The molecule has 4 rings (SSSR count). The van der Waals surface area contributed by atoms with Crippen LogP contribution in [0, 0.1) is 12.7 Å². The highest BCUT2D eigenvalue weighted by molar-refractivity contribution is 6.30. The summed E-state index contributed by atoms with van der Waals surface area (Å²) in [5, 5.41) is 17.0. The van der Waals surface area contributed by atoms with Gasteiger partial charge in [0.15, 0.2) is 0 Å². The van der Waals surface area contributed by atoms with Crippen LogP contribution in [0.3, 0.4) is 0 Å². The summed E-state index contributed by atoms with van der Waals surface area (Å²) >= 11 is 6.16. The molecule has 9 heteroatoms. The Kier molecular flexibility index (Phi) is 15.0. The van der Waals surface area contributed by atoms with E-state index in [0.717, 1.165) is 50.0 Å². The molecule has 0 spiro atoms. The molecule has 0 heterocycles. The highest BCUT2D eigenvalue weighted by Crippen LogP contribution is 2.42. The quantitative estimate of drug-likeness (QED) is 0.242. The zero-order valence-corrected chi connectivity index (χ0v) is 25.2. The van der Waals surface area contributed by atoms with Gasteiger partial charge in [-0.1, -0.05) is 81.3 Å². The molecule has 41 heavy (non-hydrogen) atoms. The largest absolute Gasteiger partial charge is 0.483 e. The molecule has 2 aliphatic carbocycles. The molecular weight excluding hydrogens is 545 g/mol. The van der Waals surface area contributed by atoms with E-state index in [9.17, 15) is 14.0 Å². The van der Waals surface area contributed by atoms with Gasteiger partial charge in [-0.25, -0.2) is 4.39 Å². The second-order valence-electron chi connectivity index (χ2n) is 10.9. The molecule has 4 N–H and O–H groups in total. The lowest BCUT2D eigenvalue weighted by Crippen LogP contribution is -2.52. The van der Waals surface area contributed by atoms with E-state index in [1.54, 1.807) is 31.2 Å². The number of carbonyl (C=O) groups excluding carboxylic acids is 2. The molecule has 2 atom stereocenters. The summed E-state index contributed by atoms with van der Waals surface area (Å²) in [7, 11) is 2.07. The number of hydrogen-bond acceptors (Lipinski definition) is 5. The number of aryl methyl sites for hydroxylation is 1. The van der Waals surface area contributed by atoms with E-state index in [-0.39, 0.29) is 18.2 Å². The van der Waals surface area contributed by atoms with Crippen LogP contribution in [-0.2, 0) is 19.9 Å². The summed E-state index contributed by atoms with van der Waals surface area (Å²) in [4.78, 5) is 31.7. The number of carboxylic acid groups (broad SMARTS) is 1. The smallest absolute Gasteiger partial charge is 0.290 e. The minimum atomic E-state index is -0.584. The predicted octanol–water partition coefficient (Wildman–Crippen LogP) is 6.72. The summed E-state index contributed by atoms with van der Waals surface area (Å²) in [5.41, 5.74) is 2.11.